The fourth-order valence-electron chi connectivity index (χ4n) is 1.58. The zero-order valence-corrected chi connectivity index (χ0v) is 11.9. The first-order chi connectivity index (χ1) is 8.21. The van der Waals surface area contributed by atoms with Crippen LogP contribution in [-0.4, -0.2) is 11.9 Å². The van der Waals surface area contributed by atoms with Crippen molar-refractivity contribution >= 4 is 11.6 Å². The predicted molar refractivity (Wildman–Crippen MR) is 76.6 cm³/mol. The highest BCUT2D eigenvalue weighted by atomic mass is 16.2. The van der Waals surface area contributed by atoms with E-state index >= 15 is 0 Å². The van der Waals surface area contributed by atoms with E-state index in [4.69, 9.17) is 5.73 Å². The molecule has 3 heteroatoms. The molecule has 100 valence electrons. The van der Waals surface area contributed by atoms with Crippen molar-refractivity contribution in [1.82, 2.24) is 0 Å². The molecule has 1 amide bonds. The van der Waals surface area contributed by atoms with Gasteiger partial charge in [-0.15, -0.1) is 0 Å². The summed E-state index contributed by atoms with van der Waals surface area (Å²) in [5.74, 6) is 0.00681. The van der Waals surface area contributed by atoms with Gasteiger partial charge in [-0.2, -0.15) is 0 Å². The Bertz CT molecular complexity index is 401. The molecule has 18 heavy (non-hydrogen) atoms. The van der Waals surface area contributed by atoms with Crippen molar-refractivity contribution in [3.63, 3.8) is 0 Å². The molecule has 1 unspecified atom stereocenters. The Kier molecular flexibility index (Phi) is 4.52. The van der Waals surface area contributed by atoms with Crippen LogP contribution in [0.2, 0.25) is 0 Å². The van der Waals surface area contributed by atoms with Gasteiger partial charge in [-0.3, -0.25) is 4.79 Å². The van der Waals surface area contributed by atoms with Crippen LogP contribution in [0.3, 0.4) is 0 Å². The first kappa shape index (κ1) is 14.7. The van der Waals surface area contributed by atoms with Crippen LogP contribution < -0.4 is 11.1 Å². The number of hydrogen-bond donors (Lipinski definition) is 2. The van der Waals surface area contributed by atoms with E-state index in [1.807, 2.05) is 38.1 Å². The third-order valence-corrected chi connectivity index (χ3v) is 3.04. The quantitative estimate of drug-likeness (QED) is 0.864. The monoisotopic (exact) mass is 248 g/mol. The smallest absolute Gasteiger partial charge is 0.241 e. The van der Waals surface area contributed by atoms with Gasteiger partial charge in [-0.05, 0) is 29.0 Å². The first-order valence-corrected chi connectivity index (χ1v) is 6.39. The van der Waals surface area contributed by atoms with Gasteiger partial charge >= 0.3 is 0 Å². The summed E-state index contributed by atoms with van der Waals surface area (Å²) in [5, 5.41) is 2.84. The molecule has 1 aromatic carbocycles. The van der Waals surface area contributed by atoms with Gasteiger partial charge in [0.15, 0.2) is 0 Å². The highest BCUT2D eigenvalue weighted by Crippen LogP contribution is 2.23. The molecule has 1 aromatic rings. The minimum absolute atomic E-state index is 0.122. The average Bonchev–Trinajstić information content (AvgIpc) is 2.27. The number of nitrogens with two attached hydrogens (primary N) is 1. The predicted octanol–water partition coefficient (Wildman–Crippen LogP) is 2.91. The van der Waals surface area contributed by atoms with Crippen LogP contribution in [0.5, 0.6) is 0 Å². The summed E-state index contributed by atoms with van der Waals surface area (Å²) in [6.07, 6.45) is 0. The number of anilines is 1. The molecule has 3 N–H and O–H groups in total. The molecular formula is C15H24N2O. The molecule has 0 heterocycles. The molecule has 0 saturated heterocycles. The summed E-state index contributed by atoms with van der Waals surface area (Å²) in [7, 11) is 0. The second-order valence-electron chi connectivity index (χ2n) is 6.09. The number of carbonyl (C=O) groups excluding carboxylic acids is 1. The van der Waals surface area contributed by atoms with Crippen molar-refractivity contribution < 1.29 is 4.79 Å². The van der Waals surface area contributed by atoms with Crippen molar-refractivity contribution in [2.75, 3.05) is 5.32 Å². The van der Waals surface area contributed by atoms with E-state index in [0.29, 0.717) is 0 Å². The molecule has 0 saturated carbocycles. The van der Waals surface area contributed by atoms with Crippen LogP contribution >= 0.6 is 0 Å². The second-order valence-corrected chi connectivity index (χ2v) is 6.09. The fourth-order valence-corrected chi connectivity index (χ4v) is 1.58. The van der Waals surface area contributed by atoms with Crippen molar-refractivity contribution in [2.24, 2.45) is 11.7 Å². The Morgan fingerprint density at radius 3 is 2.06 bits per heavy atom. The molecule has 1 atom stereocenters. The van der Waals surface area contributed by atoms with Gasteiger partial charge in [0.1, 0.15) is 0 Å². The van der Waals surface area contributed by atoms with Crippen LogP contribution in [0.15, 0.2) is 24.3 Å². The van der Waals surface area contributed by atoms with Crippen LogP contribution in [0.1, 0.15) is 40.2 Å². The number of carbonyl (C=O) groups is 1. The molecular weight excluding hydrogens is 224 g/mol. The Labute approximate surface area is 110 Å². The van der Waals surface area contributed by atoms with E-state index in [-0.39, 0.29) is 17.2 Å². The highest BCUT2D eigenvalue weighted by molar-refractivity contribution is 5.94. The molecule has 0 radical (unpaired) electrons. The lowest BCUT2D eigenvalue weighted by Gasteiger charge is -2.20. The lowest BCUT2D eigenvalue weighted by atomic mass is 9.87. The van der Waals surface area contributed by atoms with E-state index in [2.05, 4.69) is 26.1 Å². The van der Waals surface area contributed by atoms with Gasteiger partial charge in [0.2, 0.25) is 5.91 Å². The molecule has 1 rings (SSSR count). The van der Waals surface area contributed by atoms with Crippen LogP contribution in [0.25, 0.3) is 0 Å². The number of hydrogen-bond acceptors (Lipinski definition) is 2. The first-order valence-electron chi connectivity index (χ1n) is 6.39. The summed E-state index contributed by atoms with van der Waals surface area (Å²) in [6.45, 7) is 10.4. The van der Waals surface area contributed by atoms with E-state index < -0.39 is 6.04 Å². The van der Waals surface area contributed by atoms with Gasteiger partial charge in [0.25, 0.3) is 0 Å². The van der Waals surface area contributed by atoms with Gasteiger partial charge < -0.3 is 11.1 Å². The van der Waals surface area contributed by atoms with Gasteiger partial charge in [-0.1, -0.05) is 46.8 Å². The van der Waals surface area contributed by atoms with Crippen LogP contribution in [0, 0.1) is 5.92 Å². The summed E-state index contributed by atoms with van der Waals surface area (Å²) in [6, 6.07) is 7.46. The lowest BCUT2D eigenvalue weighted by molar-refractivity contribution is -0.118. The van der Waals surface area contributed by atoms with Crippen molar-refractivity contribution in [2.45, 2.75) is 46.1 Å². The number of amides is 1. The van der Waals surface area contributed by atoms with Crippen LogP contribution in [0.4, 0.5) is 5.69 Å². The Balaban J connectivity index is 2.73. The van der Waals surface area contributed by atoms with Gasteiger partial charge in [0, 0.05) is 5.69 Å². The highest BCUT2D eigenvalue weighted by Gasteiger charge is 2.17. The van der Waals surface area contributed by atoms with Gasteiger partial charge in [0.05, 0.1) is 6.04 Å². The topological polar surface area (TPSA) is 55.1 Å². The average molecular weight is 248 g/mol. The molecule has 3 nitrogen and oxygen atoms in total. The maximum atomic E-state index is 11.8. The van der Waals surface area contributed by atoms with Crippen molar-refractivity contribution in [3.05, 3.63) is 29.8 Å². The SMILES string of the molecule is CC(C)C(N)C(=O)Nc1ccc(C(C)(C)C)cc1. The van der Waals surface area contributed by atoms with Gasteiger partial charge in [-0.25, -0.2) is 0 Å². The molecule has 0 aromatic heterocycles. The number of nitrogens with one attached hydrogen (secondary N) is 1. The van der Waals surface area contributed by atoms with Crippen LogP contribution in [-0.2, 0) is 10.2 Å². The standard InChI is InChI=1S/C15H24N2O/c1-10(2)13(16)14(18)17-12-8-6-11(7-9-12)15(3,4)5/h6-10,13H,16H2,1-5H3,(H,17,18). The minimum atomic E-state index is -0.465. The number of rotatable bonds is 3. The van der Waals surface area contributed by atoms with Crippen molar-refractivity contribution in [1.29, 1.82) is 0 Å². The maximum Gasteiger partial charge on any atom is 0.241 e. The normalized spacial score (nSPS) is 13.5. The molecule has 0 aliphatic carbocycles. The summed E-state index contributed by atoms with van der Waals surface area (Å²) < 4.78 is 0. The zero-order chi connectivity index (χ0) is 13.9. The van der Waals surface area contributed by atoms with E-state index in [1.165, 1.54) is 5.56 Å². The molecule has 0 aliphatic heterocycles. The minimum Gasteiger partial charge on any atom is -0.325 e. The molecule has 0 fully saturated rings. The molecule has 0 spiro atoms. The Morgan fingerprint density at radius 2 is 1.67 bits per heavy atom. The lowest BCUT2D eigenvalue weighted by Crippen LogP contribution is -2.39. The van der Waals surface area contributed by atoms with E-state index in [1.54, 1.807) is 0 Å². The number of benzene rings is 1. The maximum absolute atomic E-state index is 11.8. The summed E-state index contributed by atoms with van der Waals surface area (Å²) >= 11 is 0. The van der Waals surface area contributed by atoms with Crippen molar-refractivity contribution in [3.8, 4) is 0 Å². The van der Waals surface area contributed by atoms with E-state index in [0.717, 1.165) is 5.69 Å². The Hall–Kier alpha value is -1.35. The summed E-state index contributed by atoms with van der Waals surface area (Å²) in [5.41, 5.74) is 7.96. The molecule has 0 bridgehead atoms. The zero-order valence-electron chi connectivity index (χ0n) is 11.9. The summed E-state index contributed by atoms with van der Waals surface area (Å²) in [4.78, 5) is 11.8. The largest absolute Gasteiger partial charge is 0.325 e. The fraction of sp³-hybridized carbons (Fsp3) is 0.533. The third-order valence-electron chi connectivity index (χ3n) is 3.04. The molecule has 0 aliphatic rings. The van der Waals surface area contributed by atoms with E-state index in [9.17, 15) is 4.79 Å². The second kappa shape index (κ2) is 5.53. The Morgan fingerprint density at radius 1 is 1.17 bits per heavy atom. The third kappa shape index (κ3) is 3.84.